The second kappa shape index (κ2) is 6.43. The predicted molar refractivity (Wildman–Crippen MR) is 84.1 cm³/mol. The van der Waals surface area contributed by atoms with Crippen LogP contribution >= 0.6 is 15.9 Å². The van der Waals surface area contributed by atoms with Gasteiger partial charge in [-0.25, -0.2) is 0 Å². The standard InChI is InChI=1S/C15H15BrN2O2/c1-2-20-13-9-5-7-11(17)14(13)15(19)18-12-8-4-3-6-10(12)16/h3-9H,2,17H2,1H3,(H,18,19). The number of carbonyl (C=O) groups is 1. The van der Waals surface area contributed by atoms with Crippen LogP contribution in [-0.4, -0.2) is 12.5 Å². The van der Waals surface area contributed by atoms with Crippen molar-refractivity contribution in [1.29, 1.82) is 0 Å². The summed E-state index contributed by atoms with van der Waals surface area (Å²) in [6.45, 7) is 2.33. The van der Waals surface area contributed by atoms with Crippen LogP contribution in [0.4, 0.5) is 11.4 Å². The summed E-state index contributed by atoms with van der Waals surface area (Å²) >= 11 is 3.39. The van der Waals surface area contributed by atoms with Gasteiger partial charge in [0.05, 0.1) is 12.3 Å². The number of rotatable bonds is 4. The summed E-state index contributed by atoms with van der Waals surface area (Å²) in [4.78, 5) is 12.4. The molecule has 0 unspecified atom stereocenters. The number of nitrogen functional groups attached to an aromatic ring is 1. The Hall–Kier alpha value is -2.01. The normalized spacial score (nSPS) is 10.1. The first kappa shape index (κ1) is 14.4. The van der Waals surface area contributed by atoms with Crippen molar-refractivity contribution in [2.45, 2.75) is 6.92 Å². The van der Waals surface area contributed by atoms with E-state index in [4.69, 9.17) is 10.5 Å². The van der Waals surface area contributed by atoms with Gasteiger partial charge in [-0.05, 0) is 47.1 Å². The highest BCUT2D eigenvalue weighted by Crippen LogP contribution is 2.27. The first-order chi connectivity index (χ1) is 9.63. The molecule has 0 aliphatic rings. The van der Waals surface area contributed by atoms with E-state index in [-0.39, 0.29) is 5.91 Å². The van der Waals surface area contributed by atoms with E-state index in [1.165, 1.54) is 0 Å². The van der Waals surface area contributed by atoms with Crippen molar-refractivity contribution in [3.63, 3.8) is 0 Å². The zero-order valence-corrected chi connectivity index (χ0v) is 12.6. The molecule has 0 aliphatic carbocycles. The second-order valence-corrected chi connectivity index (χ2v) is 4.94. The van der Waals surface area contributed by atoms with E-state index >= 15 is 0 Å². The van der Waals surface area contributed by atoms with Crippen LogP contribution in [0.3, 0.4) is 0 Å². The molecule has 0 spiro atoms. The smallest absolute Gasteiger partial charge is 0.261 e. The summed E-state index contributed by atoms with van der Waals surface area (Å²) in [6.07, 6.45) is 0. The molecule has 2 aromatic carbocycles. The number of nitrogens with one attached hydrogen (secondary N) is 1. The van der Waals surface area contributed by atoms with Gasteiger partial charge in [0, 0.05) is 10.2 Å². The molecule has 3 N–H and O–H groups in total. The Kier molecular flexibility index (Phi) is 4.63. The Bertz CT molecular complexity index is 629. The fourth-order valence-electron chi connectivity index (χ4n) is 1.81. The monoisotopic (exact) mass is 334 g/mol. The highest BCUT2D eigenvalue weighted by atomic mass is 79.9. The molecule has 2 aromatic rings. The van der Waals surface area contributed by atoms with Crippen LogP contribution in [-0.2, 0) is 0 Å². The minimum atomic E-state index is -0.293. The molecular weight excluding hydrogens is 320 g/mol. The van der Waals surface area contributed by atoms with E-state index in [0.29, 0.717) is 29.3 Å². The molecule has 0 aromatic heterocycles. The lowest BCUT2D eigenvalue weighted by molar-refractivity contribution is 0.102. The molecule has 0 atom stereocenters. The van der Waals surface area contributed by atoms with Gasteiger partial charge < -0.3 is 15.8 Å². The van der Waals surface area contributed by atoms with E-state index in [9.17, 15) is 4.79 Å². The molecule has 0 heterocycles. The molecule has 1 amide bonds. The third-order valence-corrected chi connectivity index (χ3v) is 3.40. The Morgan fingerprint density at radius 1 is 1.25 bits per heavy atom. The fourth-order valence-corrected chi connectivity index (χ4v) is 2.20. The average Bonchev–Trinajstić information content (AvgIpc) is 2.42. The Balaban J connectivity index is 2.32. The summed E-state index contributed by atoms with van der Waals surface area (Å²) in [5.74, 6) is 0.190. The molecule has 0 saturated carbocycles. The van der Waals surface area contributed by atoms with Gasteiger partial charge in [0.1, 0.15) is 11.3 Å². The van der Waals surface area contributed by atoms with Crippen molar-refractivity contribution < 1.29 is 9.53 Å². The summed E-state index contributed by atoms with van der Waals surface area (Å²) in [7, 11) is 0. The van der Waals surface area contributed by atoms with Gasteiger partial charge in [-0.15, -0.1) is 0 Å². The number of hydrogen-bond donors (Lipinski definition) is 2. The van der Waals surface area contributed by atoms with E-state index in [0.717, 1.165) is 4.47 Å². The van der Waals surface area contributed by atoms with Crippen LogP contribution in [0, 0.1) is 0 Å². The number of nitrogens with two attached hydrogens (primary N) is 1. The lowest BCUT2D eigenvalue weighted by atomic mass is 10.1. The Labute approximate surface area is 126 Å². The number of hydrogen-bond acceptors (Lipinski definition) is 3. The quantitative estimate of drug-likeness (QED) is 0.838. The first-order valence-electron chi connectivity index (χ1n) is 6.20. The van der Waals surface area contributed by atoms with E-state index in [2.05, 4.69) is 21.2 Å². The number of carbonyl (C=O) groups excluding carboxylic acids is 1. The zero-order valence-electron chi connectivity index (χ0n) is 11.0. The van der Waals surface area contributed by atoms with E-state index in [1.807, 2.05) is 31.2 Å². The summed E-state index contributed by atoms with van der Waals surface area (Å²) < 4.78 is 6.26. The SMILES string of the molecule is CCOc1cccc(N)c1C(=O)Nc1ccccc1Br. The van der Waals surface area contributed by atoms with Gasteiger partial charge in [0.25, 0.3) is 5.91 Å². The van der Waals surface area contributed by atoms with Crippen LogP contribution in [0.15, 0.2) is 46.9 Å². The third-order valence-electron chi connectivity index (χ3n) is 2.71. The number of benzene rings is 2. The van der Waals surface area contributed by atoms with E-state index < -0.39 is 0 Å². The lowest BCUT2D eigenvalue weighted by Gasteiger charge is -2.13. The maximum atomic E-state index is 12.4. The molecule has 0 saturated heterocycles. The van der Waals surface area contributed by atoms with Crippen molar-refractivity contribution >= 4 is 33.2 Å². The van der Waals surface area contributed by atoms with Gasteiger partial charge in [0.15, 0.2) is 0 Å². The minimum Gasteiger partial charge on any atom is -0.493 e. The van der Waals surface area contributed by atoms with E-state index in [1.54, 1.807) is 18.2 Å². The van der Waals surface area contributed by atoms with Gasteiger partial charge in [0.2, 0.25) is 0 Å². The molecular formula is C15H15BrN2O2. The maximum absolute atomic E-state index is 12.4. The number of amides is 1. The number of anilines is 2. The summed E-state index contributed by atoms with van der Waals surface area (Å²) in [6, 6.07) is 12.6. The topological polar surface area (TPSA) is 64.3 Å². The Morgan fingerprint density at radius 3 is 2.70 bits per heavy atom. The van der Waals surface area contributed by atoms with Crippen molar-refractivity contribution in [2.24, 2.45) is 0 Å². The van der Waals surface area contributed by atoms with Crippen LogP contribution in [0.2, 0.25) is 0 Å². The van der Waals surface area contributed by atoms with Gasteiger partial charge >= 0.3 is 0 Å². The molecule has 0 radical (unpaired) electrons. The number of halogens is 1. The molecule has 0 bridgehead atoms. The molecule has 0 fully saturated rings. The third kappa shape index (κ3) is 3.11. The number of ether oxygens (including phenoxy) is 1. The average molecular weight is 335 g/mol. The molecule has 20 heavy (non-hydrogen) atoms. The van der Waals surface area contributed by atoms with Gasteiger partial charge in [-0.3, -0.25) is 4.79 Å². The molecule has 104 valence electrons. The largest absolute Gasteiger partial charge is 0.493 e. The van der Waals surface area contributed by atoms with Crippen LogP contribution in [0.25, 0.3) is 0 Å². The van der Waals surface area contributed by atoms with Gasteiger partial charge in [-0.2, -0.15) is 0 Å². The highest BCUT2D eigenvalue weighted by Gasteiger charge is 2.16. The van der Waals surface area contributed by atoms with Gasteiger partial charge in [-0.1, -0.05) is 18.2 Å². The second-order valence-electron chi connectivity index (χ2n) is 4.09. The maximum Gasteiger partial charge on any atom is 0.261 e. The van der Waals surface area contributed by atoms with Crippen molar-refractivity contribution in [1.82, 2.24) is 0 Å². The highest BCUT2D eigenvalue weighted by molar-refractivity contribution is 9.10. The number of para-hydroxylation sites is 1. The summed E-state index contributed by atoms with van der Waals surface area (Å²) in [5.41, 5.74) is 7.32. The molecule has 4 nitrogen and oxygen atoms in total. The van der Waals surface area contributed by atoms with Crippen LogP contribution in [0.5, 0.6) is 5.75 Å². The van der Waals surface area contributed by atoms with Crippen molar-refractivity contribution in [2.75, 3.05) is 17.7 Å². The molecule has 2 rings (SSSR count). The molecule has 5 heteroatoms. The summed E-state index contributed by atoms with van der Waals surface area (Å²) in [5, 5.41) is 2.82. The predicted octanol–water partition coefficient (Wildman–Crippen LogP) is 3.68. The zero-order chi connectivity index (χ0) is 14.5. The van der Waals surface area contributed by atoms with Crippen LogP contribution in [0.1, 0.15) is 17.3 Å². The minimum absolute atomic E-state index is 0.293. The molecule has 0 aliphatic heterocycles. The van der Waals surface area contributed by atoms with Crippen LogP contribution < -0.4 is 15.8 Å². The lowest BCUT2D eigenvalue weighted by Crippen LogP contribution is -2.16. The van der Waals surface area contributed by atoms with Crippen molar-refractivity contribution in [3.05, 3.63) is 52.5 Å². The Morgan fingerprint density at radius 2 is 2.00 bits per heavy atom. The fraction of sp³-hybridized carbons (Fsp3) is 0.133. The van der Waals surface area contributed by atoms with Crippen molar-refractivity contribution in [3.8, 4) is 5.75 Å². The first-order valence-corrected chi connectivity index (χ1v) is 7.00.